The van der Waals surface area contributed by atoms with E-state index >= 15 is 0 Å². The summed E-state index contributed by atoms with van der Waals surface area (Å²) >= 11 is 1.63. The Morgan fingerprint density at radius 1 is 1.33 bits per heavy atom. The van der Waals surface area contributed by atoms with E-state index in [1.54, 1.807) is 11.9 Å². The van der Waals surface area contributed by atoms with Gasteiger partial charge in [-0.05, 0) is 43.5 Å². The van der Waals surface area contributed by atoms with Crippen LogP contribution in [0.1, 0.15) is 20.3 Å². The Balaban J connectivity index is 2.45. The molecule has 0 unspecified atom stereocenters. The summed E-state index contributed by atoms with van der Waals surface area (Å²) < 4.78 is 3.31. The molecule has 0 atom stereocenters. The first-order valence-corrected chi connectivity index (χ1v) is 5.99. The van der Waals surface area contributed by atoms with Crippen LogP contribution < -0.4 is 4.72 Å². The molecule has 15 heavy (non-hydrogen) atoms. The monoisotopic (exact) mass is 219 g/mol. The molecule has 0 aliphatic rings. The molecule has 0 spiro atoms. The highest BCUT2D eigenvalue weighted by Crippen LogP contribution is 2.15. The molecule has 0 aliphatic carbocycles. The fourth-order valence-corrected chi connectivity index (χ4v) is 1.76. The molecule has 0 aromatic heterocycles. The summed E-state index contributed by atoms with van der Waals surface area (Å²) in [5, 5.41) is 0. The Morgan fingerprint density at radius 2 is 2.07 bits per heavy atom. The average Bonchev–Trinajstić information content (AvgIpc) is 2.31. The molecular formula is C13H17NS. The van der Waals surface area contributed by atoms with Gasteiger partial charge in [0.25, 0.3) is 0 Å². The third-order valence-electron chi connectivity index (χ3n) is 1.87. The molecule has 1 N–H and O–H groups in total. The second kappa shape index (κ2) is 7.18. The van der Waals surface area contributed by atoms with Gasteiger partial charge in [-0.1, -0.05) is 37.3 Å². The van der Waals surface area contributed by atoms with Crippen LogP contribution in [0.3, 0.4) is 0 Å². The van der Waals surface area contributed by atoms with E-state index < -0.39 is 0 Å². The van der Waals surface area contributed by atoms with Gasteiger partial charge in [0.05, 0.1) is 0 Å². The second-order valence-electron chi connectivity index (χ2n) is 3.07. The minimum absolute atomic E-state index is 1.06. The van der Waals surface area contributed by atoms with Crippen LogP contribution in [-0.2, 0) is 0 Å². The highest BCUT2D eigenvalue weighted by atomic mass is 32.2. The Hall–Kier alpha value is -1.15. The van der Waals surface area contributed by atoms with Crippen LogP contribution in [0, 0.1) is 0 Å². The predicted molar refractivity (Wildman–Crippen MR) is 68.6 cm³/mol. The molecule has 0 saturated heterocycles. The van der Waals surface area contributed by atoms with Crippen molar-refractivity contribution in [1.29, 1.82) is 0 Å². The van der Waals surface area contributed by atoms with E-state index in [2.05, 4.69) is 42.0 Å². The van der Waals surface area contributed by atoms with E-state index in [4.69, 9.17) is 0 Å². The summed E-state index contributed by atoms with van der Waals surface area (Å²) in [5.74, 6) is 0. The number of nitrogens with one attached hydrogen (secondary N) is 1. The number of allylic oxidation sites excluding steroid dienone is 3. The van der Waals surface area contributed by atoms with Crippen molar-refractivity contribution in [2.45, 2.75) is 25.2 Å². The molecule has 0 radical (unpaired) electrons. The molecular weight excluding hydrogens is 202 g/mol. The highest BCUT2D eigenvalue weighted by Gasteiger charge is 1.92. The molecule has 1 nitrogen and oxygen atoms in total. The Morgan fingerprint density at radius 3 is 2.67 bits per heavy atom. The van der Waals surface area contributed by atoms with Crippen LogP contribution in [0.4, 0.5) is 0 Å². The van der Waals surface area contributed by atoms with Crippen molar-refractivity contribution in [1.82, 2.24) is 4.72 Å². The van der Waals surface area contributed by atoms with Gasteiger partial charge in [-0.3, -0.25) is 0 Å². The van der Waals surface area contributed by atoms with E-state index in [-0.39, 0.29) is 0 Å². The quantitative estimate of drug-likeness (QED) is 0.589. The van der Waals surface area contributed by atoms with Crippen LogP contribution in [0.15, 0.2) is 59.2 Å². The molecule has 0 bridgehead atoms. The SMILES string of the molecule is C/C=C(\C=C/CC)NSc1ccccc1. The largest absolute Gasteiger partial charge is 0.326 e. The average molecular weight is 219 g/mol. The molecule has 80 valence electrons. The minimum atomic E-state index is 1.06. The lowest BCUT2D eigenvalue weighted by Crippen LogP contribution is -1.99. The molecule has 0 amide bonds. The number of rotatable bonds is 5. The molecule has 1 aromatic rings. The molecule has 1 rings (SSSR count). The van der Waals surface area contributed by atoms with E-state index in [1.807, 2.05) is 25.1 Å². The molecule has 2 heteroatoms. The highest BCUT2D eigenvalue weighted by molar-refractivity contribution is 7.97. The Kier molecular flexibility index (Phi) is 5.71. The maximum Gasteiger partial charge on any atom is 0.0397 e. The van der Waals surface area contributed by atoms with Gasteiger partial charge < -0.3 is 4.72 Å². The zero-order chi connectivity index (χ0) is 10.9. The maximum atomic E-state index is 3.31. The Bertz CT molecular complexity index is 328. The van der Waals surface area contributed by atoms with E-state index in [1.165, 1.54) is 4.90 Å². The minimum Gasteiger partial charge on any atom is -0.326 e. The predicted octanol–water partition coefficient (Wildman–Crippen LogP) is 4.15. The van der Waals surface area contributed by atoms with Crippen LogP contribution in [0.2, 0.25) is 0 Å². The van der Waals surface area contributed by atoms with Crippen molar-refractivity contribution in [3.8, 4) is 0 Å². The lowest BCUT2D eigenvalue weighted by molar-refractivity contribution is 1.19. The van der Waals surface area contributed by atoms with E-state index in [0.717, 1.165) is 12.1 Å². The fourth-order valence-electron chi connectivity index (χ4n) is 1.04. The smallest absolute Gasteiger partial charge is 0.0397 e. The summed E-state index contributed by atoms with van der Waals surface area (Å²) in [6.07, 6.45) is 7.39. The van der Waals surface area contributed by atoms with Crippen molar-refractivity contribution in [2.24, 2.45) is 0 Å². The molecule has 0 saturated carbocycles. The van der Waals surface area contributed by atoms with E-state index in [9.17, 15) is 0 Å². The van der Waals surface area contributed by atoms with Crippen molar-refractivity contribution >= 4 is 11.9 Å². The van der Waals surface area contributed by atoms with Gasteiger partial charge in [0.1, 0.15) is 0 Å². The van der Waals surface area contributed by atoms with Crippen molar-refractivity contribution < 1.29 is 0 Å². The fraction of sp³-hybridized carbons (Fsp3) is 0.231. The lowest BCUT2D eigenvalue weighted by atomic mass is 10.3. The Labute approximate surface area is 96.4 Å². The number of hydrogen-bond donors (Lipinski definition) is 1. The standard InChI is InChI=1S/C13H17NS/c1-3-5-9-12(4-2)14-15-13-10-7-6-8-11-13/h4-11,14H,3H2,1-2H3/b9-5-,12-4+. The molecule has 0 heterocycles. The topological polar surface area (TPSA) is 12.0 Å². The zero-order valence-corrected chi connectivity index (χ0v) is 10.1. The summed E-state index contributed by atoms with van der Waals surface area (Å²) in [5.41, 5.74) is 1.14. The van der Waals surface area contributed by atoms with Crippen molar-refractivity contribution in [3.63, 3.8) is 0 Å². The maximum absolute atomic E-state index is 3.31. The second-order valence-corrected chi connectivity index (χ2v) is 3.95. The van der Waals surface area contributed by atoms with Gasteiger partial charge in [-0.2, -0.15) is 0 Å². The first-order chi connectivity index (χ1) is 7.36. The first kappa shape index (κ1) is 11.9. The van der Waals surface area contributed by atoms with Gasteiger partial charge in [0.2, 0.25) is 0 Å². The van der Waals surface area contributed by atoms with Gasteiger partial charge in [0, 0.05) is 10.6 Å². The van der Waals surface area contributed by atoms with Crippen LogP contribution in [0.5, 0.6) is 0 Å². The van der Waals surface area contributed by atoms with E-state index in [0.29, 0.717) is 0 Å². The van der Waals surface area contributed by atoms with Gasteiger partial charge in [-0.25, -0.2) is 0 Å². The molecule has 0 fully saturated rings. The molecule has 1 aromatic carbocycles. The van der Waals surface area contributed by atoms with Crippen molar-refractivity contribution in [2.75, 3.05) is 0 Å². The lowest BCUT2D eigenvalue weighted by Gasteiger charge is -2.05. The van der Waals surface area contributed by atoms with Crippen LogP contribution in [-0.4, -0.2) is 0 Å². The number of hydrogen-bond acceptors (Lipinski definition) is 2. The van der Waals surface area contributed by atoms with Crippen LogP contribution >= 0.6 is 11.9 Å². The number of benzene rings is 1. The zero-order valence-electron chi connectivity index (χ0n) is 9.23. The summed E-state index contributed by atoms with van der Waals surface area (Å²) in [6, 6.07) is 10.3. The van der Waals surface area contributed by atoms with Crippen LogP contribution in [0.25, 0.3) is 0 Å². The third-order valence-corrected chi connectivity index (χ3v) is 2.72. The summed E-state index contributed by atoms with van der Waals surface area (Å²) in [6.45, 7) is 4.17. The van der Waals surface area contributed by atoms with Gasteiger partial charge in [0.15, 0.2) is 0 Å². The van der Waals surface area contributed by atoms with Crippen molar-refractivity contribution in [3.05, 3.63) is 54.3 Å². The van der Waals surface area contributed by atoms with Gasteiger partial charge >= 0.3 is 0 Å². The summed E-state index contributed by atoms with van der Waals surface area (Å²) in [4.78, 5) is 1.22. The normalized spacial score (nSPS) is 12.0. The third kappa shape index (κ3) is 4.75. The van der Waals surface area contributed by atoms with Gasteiger partial charge in [-0.15, -0.1) is 0 Å². The first-order valence-electron chi connectivity index (χ1n) is 5.17. The molecule has 0 aliphatic heterocycles. The summed E-state index contributed by atoms with van der Waals surface area (Å²) in [7, 11) is 0.